The van der Waals surface area contributed by atoms with Crippen LogP contribution in [0.3, 0.4) is 0 Å². The molecular weight excluding hydrogens is 412 g/mol. The van der Waals surface area contributed by atoms with Gasteiger partial charge >= 0.3 is 5.97 Å². The number of carbonyl (C=O) groups is 3. The number of fused-ring (bicyclic) bond motifs is 5. The number of ether oxygens (including phenoxy) is 3. The van der Waals surface area contributed by atoms with Gasteiger partial charge in [-0.1, -0.05) is 23.8 Å². The number of imide groups is 1. The van der Waals surface area contributed by atoms with E-state index in [1.165, 1.54) is 13.3 Å². The van der Waals surface area contributed by atoms with Gasteiger partial charge in [-0.25, -0.2) is 4.79 Å². The summed E-state index contributed by atoms with van der Waals surface area (Å²) in [6.07, 6.45) is 6.33. The summed E-state index contributed by atoms with van der Waals surface area (Å²) in [4.78, 5) is 36.8. The monoisotopic (exact) mass is 432 g/mol. The van der Waals surface area contributed by atoms with Crippen LogP contribution in [0.5, 0.6) is 11.5 Å². The number of hydrogen-bond acceptors (Lipinski definition) is 7. The Hall–Kier alpha value is -2.87. The van der Waals surface area contributed by atoms with E-state index >= 15 is 0 Å². The zero-order valence-electron chi connectivity index (χ0n) is 16.5. The first-order valence-electron chi connectivity index (χ1n) is 9.70. The smallest absolute Gasteiger partial charge is 0.343 e. The molecule has 3 aliphatic rings. The molecule has 2 amide bonds. The lowest BCUT2D eigenvalue weighted by atomic mass is 9.85. The molecule has 1 heterocycles. The lowest BCUT2D eigenvalue weighted by Gasteiger charge is -2.14. The van der Waals surface area contributed by atoms with E-state index in [9.17, 15) is 14.4 Å². The molecule has 0 spiro atoms. The number of halogens is 1. The molecule has 0 unspecified atom stereocenters. The number of esters is 1. The zero-order chi connectivity index (χ0) is 21.4. The van der Waals surface area contributed by atoms with Crippen LogP contribution in [0.1, 0.15) is 18.9 Å². The fraction of sp³-hybridized carbons (Fsp3) is 0.429. The molecule has 0 N–H and O–H groups in total. The fourth-order valence-electron chi connectivity index (χ4n) is 4.38. The van der Waals surface area contributed by atoms with E-state index in [0.717, 1.165) is 11.4 Å². The zero-order valence-corrected chi connectivity index (χ0v) is 17.3. The van der Waals surface area contributed by atoms with Gasteiger partial charge in [-0.15, -0.1) is 0 Å². The van der Waals surface area contributed by atoms with Crippen molar-refractivity contribution in [3.8, 4) is 11.5 Å². The number of hydrogen-bond donors (Lipinski definition) is 0. The lowest BCUT2D eigenvalue weighted by molar-refractivity contribution is -0.143. The van der Waals surface area contributed by atoms with Crippen molar-refractivity contribution in [2.75, 3.05) is 20.3 Å². The number of allylic oxidation sites excluding steroid dienone is 2. The average molecular weight is 433 g/mol. The highest BCUT2D eigenvalue weighted by Crippen LogP contribution is 2.52. The SMILES string of the molecule is CCOc1cc(C=NN2C(=O)[C@@H]3[C@H](C2=O)[C@H]2C=C[C@H]3C2)cc(Cl)c1OCC(=O)OC. The van der Waals surface area contributed by atoms with Crippen molar-refractivity contribution in [1.29, 1.82) is 0 Å². The molecule has 1 saturated carbocycles. The van der Waals surface area contributed by atoms with Crippen molar-refractivity contribution in [2.24, 2.45) is 28.8 Å². The molecular formula is C21H21ClN2O6. The number of carbonyl (C=O) groups excluding carboxylic acids is 3. The molecule has 1 aliphatic heterocycles. The summed E-state index contributed by atoms with van der Waals surface area (Å²) in [7, 11) is 1.26. The maximum Gasteiger partial charge on any atom is 0.343 e. The van der Waals surface area contributed by atoms with E-state index < -0.39 is 5.97 Å². The van der Waals surface area contributed by atoms with Crippen LogP contribution in [0.15, 0.2) is 29.4 Å². The van der Waals surface area contributed by atoms with Crippen LogP contribution in [-0.4, -0.2) is 49.3 Å². The highest BCUT2D eigenvalue weighted by atomic mass is 35.5. The van der Waals surface area contributed by atoms with E-state index in [2.05, 4.69) is 9.84 Å². The van der Waals surface area contributed by atoms with Crippen LogP contribution < -0.4 is 9.47 Å². The third kappa shape index (κ3) is 3.45. The van der Waals surface area contributed by atoms with Crippen LogP contribution in [0.25, 0.3) is 0 Å². The summed E-state index contributed by atoms with van der Waals surface area (Å²) in [5.74, 6) is -0.912. The van der Waals surface area contributed by atoms with Crippen LogP contribution in [0.4, 0.5) is 0 Å². The van der Waals surface area contributed by atoms with Gasteiger partial charge in [0, 0.05) is 0 Å². The third-order valence-corrected chi connectivity index (χ3v) is 5.94. The predicted molar refractivity (Wildman–Crippen MR) is 107 cm³/mol. The summed E-state index contributed by atoms with van der Waals surface area (Å²) >= 11 is 6.30. The van der Waals surface area contributed by atoms with Gasteiger partial charge in [-0.3, -0.25) is 9.59 Å². The molecule has 30 heavy (non-hydrogen) atoms. The number of amides is 2. The molecule has 0 aromatic heterocycles. The van der Waals surface area contributed by atoms with Gasteiger partial charge in [0.15, 0.2) is 18.1 Å². The highest BCUT2D eigenvalue weighted by molar-refractivity contribution is 6.32. The Morgan fingerprint density at radius 2 is 1.87 bits per heavy atom. The van der Waals surface area contributed by atoms with E-state index in [1.807, 2.05) is 12.2 Å². The van der Waals surface area contributed by atoms with Crippen molar-refractivity contribution < 1.29 is 28.6 Å². The Kier molecular flexibility index (Phi) is 5.51. The Balaban J connectivity index is 1.54. The minimum absolute atomic E-state index is 0.127. The van der Waals surface area contributed by atoms with Crippen molar-refractivity contribution >= 4 is 35.6 Å². The fourth-order valence-corrected chi connectivity index (χ4v) is 4.65. The second-order valence-corrected chi connectivity index (χ2v) is 7.77. The maximum atomic E-state index is 12.7. The summed E-state index contributed by atoms with van der Waals surface area (Å²) in [6.45, 7) is 1.81. The normalized spacial score (nSPS) is 26.6. The number of hydrazone groups is 1. The van der Waals surface area contributed by atoms with Crippen LogP contribution in [0.2, 0.25) is 5.02 Å². The van der Waals surface area contributed by atoms with Crippen molar-refractivity contribution in [1.82, 2.24) is 5.01 Å². The van der Waals surface area contributed by atoms with Gasteiger partial charge in [-0.2, -0.15) is 10.1 Å². The topological polar surface area (TPSA) is 94.5 Å². The molecule has 2 aliphatic carbocycles. The molecule has 158 valence electrons. The maximum absolute atomic E-state index is 12.7. The van der Waals surface area contributed by atoms with Crippen molar-refractivity contribution in [3.63, 3.8) is 0 Å². The highest BCUT2D eigenvalue weighted by Gasteiger charge is 2.59. The molecule has 8 nitrogen and oxygen atoms in total. The molecule has 1 aromatic rings. The van der Waals surface area contributed by atoms with Gasteiger partial charge in [0.05, 0.1) is 36.8 Å². The Bertz CT molecular complexity index is 929. The summed E-state index contributed by atoms with van der Waals surface area (Å²) in [5.41, 5.74) is 0.521. The summed E-state index contributed by atoms with van der Waals surface area (Å²) in [6, 6.07) is 3.17. The average Bonchev–Trinajstić information content (AvgIpc) is 3.40. The Labute approximate surface area is 178 Å². The standard InChI is InChI=1S/C21H21ClN2O6/c1-3-29-15-7-11(6-14(22)19(15)30-10-16(25)28-2)9-23-24-20(26)17-12-4-5-13(8-12)18(17)21(24)27/h4-7,9,12-13,17-18H,3,8,10H2,1-2H3/t12-,13-,17-,18+/m0/s1. The second-order valence-electron chi connectivity index (χ2n) is 7.36. The van der Waals surface area contributed by atoms with E-state index in [1.54, 1.807) is 19.1 Å². The van der Waals surface area contributed by atoms with Gasteiger partial charge in [0.1, 0.15) is 0 Å². The van der Waals surface area contributed by atoms with Gasteiger partial charge < -0.3 is 14.2 Å². The molecule has 2 bridgehead atoms. The number of methoxy groups -OCH3 is 1. The molecule has 9 heteroatoms. The first kappa shape index (κ1) is 20.4. The second kappa shape index (κ2) is 8.10. The summed E-state index contributed by atoms with van der Waals surface area (Å²) < 4.78 is 15.5. The van der Waals surface area contributed by atoms with Gasteiger partial charge in [0.2, 0.25) is 0 Å². The largest absolute Gasteiger partial charge is 0.490 e. The molecule has 0 radical (unpaired) electrons. The number of benzene rings is 1. The quantitative estimate of drug-likeness (QED) is 0.284. The van der Waals surface area contributed by atoms with Crippen LogP contribution in [0, 0.1) is 23.7 Å². The molecule has 4 rings (SSSR count). The lowest BCUT2D eigenvalue weighted by Crippen LogP contribution is -2.28. The van der Waals surface area contributed by atoms with E-state index in [-0.39, 0.29) is 52.9 Å². The minimum atomic E-state index is -0.556. The molecule has 2 fully saturated rings. The van der Waals surface area contributed by atoms with Gasteiger partial charge in [0.25, 0.3) is 11.8 Å². The Morgan fingerprint density at radius 1 is 1.20 bits per heavy atom. The van der Waals surface area contributed by atoms with Crippen LogP contribution >= 0.6 is 11.6 Å². The molecule has 1 aromatic carbocycles. The van der Waals surface area contributed by atoms with E-state index in [4.69, 9.17) is 21.1 Å². The van der Waals surface area contributed by atoms with Gasteiger partial charge in [-0.05, 0) is 42.9 Å². The predicted octanol–water partition coefficient (Wildman–Crippen LogP) is 2.43. The van der Waals surface area contributed by atoms with Crippen molar-refractivity contribution in [2.45, 2.75) is 13.3 Å². The minimum Gasteiger partial charge on any atom is -0.490 e. The summed E-state index contributed by atoms with van der Waals surface area (Å²) in [5, 5.41) is 5.31. The molecule has 1 saturated heterocycles. The number of rotatable bonds is 7. The Morgan fingerprint density at radius 3 is 2.47 bits per heavy atom. The van der Waals surface area contributed by atoms with Crippen LogP contribution in [-0.2, 0) is 19.1 Å². The first-order valence-corrected chi connectivity index (χ1v) is 10.1. The first-order chi connectivity index (χ1) is 14.4. The van der Waals surface area contributed by atoms with E-state index in [0.29, 0.717) is 17.9 Å². The number of nitrogens with zero attached hydrogens (tertiary/aromatic N) is 2. The van der Waals surface area contributed by atoms with Crippen molar-refractivity contribution in [3.05, 3.63) is 34.9 Å². The third-order valence-electron chi connectivity index (χ3n) is 5.66. The molecule has 4 atom stereocenters.